The molecule has 0 atom stereocenters. The second-order valence-electron chi connectivity index (χ2n) is 5.39. The lowest BCUT2D eigenvalue weighted by Gasteiger charge is -2.21. The van der Waals surface area contributed by atoms with E-state index >= 15 is 0 Å². The molecule has 0 aliphatic rings. The maximum absolute atomic E-state index is 11.8. The molecule has 0 radical (unpaired) electrons. The fraction of sp³-hybridized carbons (Fsp3) is 0.714. The van der Waals surface area contributed by atoms with Crippen LogP contribution in [0.5, 0.6) is 5.88 Å². The van der Waals surface area contributed by atoms with Crippen LogP contribution in [0.4, 0.5) is 0 Å². The third-order valence-electron chi connectivity index (χ3n) is 3.54. The van der Waals surface area contributed by atoms with E-state index in [4.69, 9.17) is 0 Å². The summed E-state index contributed by atoms with van der Waals surface area (Å²) < 4.78 is 1.25. The Morgan fingerprint density at radius 3 is 2.55 bits per heavy atom. The minimum atomic E-state index is -0.542. The molecule has 1 heterocycles. The van der Waals surface area contributed by atoms with Crippen LogP contribution >= 0.6 is 0 Å². The monoisotopic (exact) mass is 283 g/mol. The van der Waals surface area contributed by atoms with Crippen LogP contribution in [0.3, 0.4) is 0 Å². The van der Waals surface area contributed by atoms with E-state index in [9.17, 15) is 14.7 Å². The normalized spacial score (nSPS) is 11.5. The Balaban J connectivity index is 2.87. The van der Waals surface area contributed by atoms with Crippen molar-refractivity contribution in [2.75, 3.05) is 13.6 Å². The predicted molar refractivity (Wildman–Crippen MR) is 79.4 cm³/mol. The van der Waals surface area contributed by atoms with Gasteiger partial charge in [0.2, 0.25) is 5.88 Å². The second-order valence-corrected chi connectivity index (χ2v) is 5.39. The van der Waals surface area contributed by atoms with E-state index < -0.39 is 11.2 Å². The third kappa shape index (κ3) is 3.96. The zero-order valence-electron chi connectivity index (χ0n) is 12.8. The first-order chi connectivity index (χ1) is 9.38. The molecule has 0 unspecified atom stereocenters. The van der Waals surface area contributed by atoms with Gasteiger partial charge in [-0.3, -0.25) is 14.3 Å². The fourth-order valence-electron chi connectivity index (χ4n) is 2.02. The molecule has 0 amide bonds. The van der Waals surface area contributed by atoms with Crippen molar-refractivity contribution in [3.8, 4) is 5.88 Å². The van der Waals surface area contributed by atoms with Crippen LogP contribution in [0.15, 0.2) is 9.59 Å². The minimum absolute atomic E-state index is 0.187. The first-order valence-electron chi connectivity index (χ1n) is 7.13. The summed E-state index contributed by atoms with van der Waals surface area (Å²) in [4.78, 5) is 27.8. The molecule has 6 heteroatoms. The first kappa shape index (κ1) is 16.5. The Morgan fingerprint density at radius 2 is 2.00 bits per heavy atom. The van der Waals surface area contributed by atoms with Crippen molar-refractivity contribution in [1.29, 1.82) is 0 Å². The van der Waals surface area contributed by atoms with Gasteiger partial charge in [0.05, 0.1) is 5.56 Å². The van der Waals surface area contributed by atoms with E-state index in [2.05, 4.69) is 23.7 Å². The molecular weight excluding hydrogens is 258 g/mol. The summed E-state index contributed by atoms with van der Waals surface area (Å²) in [5, 5.41) is 10.1. The maximum Gasteiger partial charge on any atom is 0.331 e. The predicted octanol–water partition coefficient (Wildman–Crippen LogP) is 0.925. The van der Waals surface area contributed by atoms with Gasteiger partial charge in [-0.1, -0.05) is 13.3 Å². The topological polar surface area (TPSA) is 78.3 Å². The number of H-pyrrole nitrogens is 1. The summed E-state index contributed by atoms with van der Waals surface area (Å²) in [6, 6.07) is 0.437. The van der Waals surface area contributed by atoms with Gasteiger partial charge in [0.1, 0.15) is 0 Å². The van der Waals surface area contributed by atoms with Crippen LogP contribution in [-0.4, -0.2) is 39.2 Å². The Hall–Kier alpha value is -1.56. The van der Waals surface area contributed by atoms with Gasteiger partial charge in [-0.05, 0) is 40.3 Å². The van der Waals surface area contributed by atoms with Crippen LogP contribution in [0, 0.1) is 0 Å². The van der Waals surface area contributed by atoms with Crippen molar-refractivity contribution in [1.82, 2.24) is 14.5 Å². The Morgan fingerprint density at radius 1 is 1.35 bits per heavy atom. The van der Waals surface area contributed by atoms with Gasteiger partial charge in [-0.2, -0.15) is 0 Å². The van der Waals surface area contributed by atoms with Crippen LogP contribution in [0.1, 0.15) is 39.2 Å². The Bertz CT molecular complexity index is 546. The van der Waals surface area contributed by atoms with Crippen molar-refractivity contribution >= 4 is 0 Å². The van der Waals surface area contributed by atoms with Crippen molar-refractivity contribution in [2.24, 2.45) is 0 Å². The van der Waals surface area contributed by atoms with Crippen molar-refractivity contribution in [2.45, 2.75) is 52.6 Å². The molecule has 114 valence electrons. The lowest BCUT2D eigenvalue weighted by Crippen LogP contribution is -2.34. The van der Waals surface area contributed by atoms with Crippen molar-refractivity contribution in [3.63, 3.8) is 0 Å². The molecule has 2 N–H and O–H groups in total. The number of rotatable bonds is 7. The molecule has 0 saturated heterocycles. The summed E-state index contributed by atoms with van der Waals surface area (Å²) in [6.45, 7) is 7.35. The number of hydrogen-bond donors (Lipinski definition) is 2. The number of nitrogens with zero attached hydrogens (tertiary/aromatic N) is 2. The lowest BCUT2D eigenvalue weighted by molar-refractivity contribution is 0.261. The molecule has 0 spiro atoms. The minimum Gasteiger partial charge on any atom is -0.494 e. The molecule has 0 aromatic carbocycles. The molecule has 0 fully saturated rings. The van der Waals surface area contributed by atoms with E-state index in [-0.39, 0.29) is 5.88 Å². The van der Waals surface area contributed by atoms with E-state index in [1.807, 2.05) is 14.0 Å². The second kappa shape index (κ2) is 7.28. The van der Waals surface area contributed by atoms with Crippen molar-refractivity contribution < 1.29 is 5.11 Å². The van der Waals surface area contributed by atoms with Crippen molar-refractivity contribution in [3.05, 3.63) is 26.4 Å². The molecule has 0 saturated carbocycles. The van der Waals surface area contributed by atoms with E-state index in [0.717, 1.165) is 19.4 Å². The van der Waals surface area contributed by atoms with Gasteiger partial charge in [0, 0.05) is 12.6 Å². The Labute approximate surface area is 119 Å². The standard InChI is InChI=1S/C14H25N3O3/c1-5-7-11-12(18)15-14(20)17(13(11)19)9-6-8-16(4)10(2)3/h10,19H,5-9H2,1-4H3,(H,15,18,20). The molecular formula is C14H25N3O3. The molecule has 1 aromatic heterocycles. The summed E-state index contributed by atoms with van der Waals surface area (Å²) in [5.74, 6) is -0.187. The molecule has 0 aliphatic heterocycles. The van der Waals surface area contributed by atoms with Gasteiger partial charge >= 0.3 is 5.69 Å². The molecule has 0 aliphatic carbocycles. The zero-order valence-corrected chi connectivity index (χ0v) is 12.8. The number of aromatic amines is 1. The number of aromatic nitrogens is 2. The maximum atomic E-state index is 11.8. The highest BCUT2D eigenvalue weighted by Crippen LogP contribution is 2.12. The zero-order chi connectivity index (χ0) is 15.3. The quantitative estimate of drug-likeness (QED) is 0.780. The summed E-state index contributed by atoms with van der Waals surface area (Å²) in [6.07, 6.45) is 1.94. The highest BCUT2D eigenvalue weighted by molar-refractivity contribution is 5.22. The van der Waals surface area contributed by atoms with E-state index in [1.54, 1.807) is 0 Å². The number of aromatic hydroxyl groups is 1. The average molecular weight is 283 g/mol. The smallest absolute Gasteiger partial charge is 0.331 e. The summed E-state index contributed by atoms with van der Waals surface area (Å²) in [7, 11) is 2.02. The largest absolute Gasteiger partial charge is 0.494 e. The molecule has 0 bridgehead atoms. The number of hydrogen-bond acceptors (Lipinski definition) is 4. The SMILES string of the molecule is CCCc1c(O)n(CCCN(C)C(C)C)c(=O)[nH]c1=O. The fourth-order valence-corrected chi connectivity index (χ4v) is 2.02. The highest BCUT2D eigenvalue weighted by atomic mass is 16.3. The van der Waals surface area contributed by atoms with Gasteiger partial charge in [0.15, 0.2) is 0 Å². The molecule has 6 nitrogen and oxygen atoms in total. The van der Waals surface area contributed by atoms with Gasteiger partial charge in [-0.25, -0.2) is 4.79 Å². The van der Waals surface area contributed by atoms with Crippen LogP contribution < -0.4 is 11.2 Å². The van der Waals surface area contributed by atoms with Crippen LogP contribution in [-0.2, 0) is 13.0 Å². The lowest BCUT2D eigenvalue weighted by atomic mass is 10.2. The van der Waals surface area contributed by atoms with Gasteiger partial charge in [0.25, 0.3) is 5.56 Å². The summed E-state index contributed by atoms with van der Waals surface area (Å²) in [5.41, 5.74) is -0.728. The molecule has 20 heavy (non-hydrogen) atoms. The van der Waals surface area contributed by atoms with E-state index in [1.165, 1.54) is 4.57 Å². The summed E-state index contributed by atoms with van der Waals surface area (Å²) >= 11 is 0. The van der Waals surface area contributed by atoms with Crippen LogP contribution in [0.2, 0.25) is 0 Å². The third-order valence-corrected chi connectivity index (χ3v) is 3.54. The first-order valence-corrected chi connectivity index (χ1v) is 7.13. The van der Waals surface area contributed by atoms with Gasteiger partial charge < -0.3 is 10.0 Å². The highest BCUT2D eigenvalue weighted by Gasteiger charge is 2.13. The average Bonchev–Trinajstić information content (AvgIpc) is 2.37. The molecule has 1 aromatic rings. The molecule has 1 rings (SSSR count). The van der Waals surface area contributed by atoms with Gasteiger partial charge in [-0.15, -0.1) is 0 Å². The Kier molecular flexibility index (Phi) is 6.01. The number of nitrogens with one attached hydrogen (secondary N) is 1. The van der Waals surface area contributed by atoms with E-state index in [0.29, 0.717) is 24.6 Å². The van der Waals surface area contributed by atoms with Crippen LogP contribution in [0.25, 0.3) is 0 Å².